The quantitative estimate of drug-likeness (QED) is 0.420. The zero-order valence-electron chi connectivity index (χ0n) is 20.9. The van der Waals surface area contributed by atoms with Crippen molar-refractivity contribution in [2.75, 3.05) is 12.0 Å². The molecule has 2 N–H and O–H groups in total. The molecule has 5 nitrogen and oxygen atoms in total. The first kappa shape index (κ1) is 27.7. The van der Waals surface area contributed by atoms with Crippen LogP contribution in [0.5, 0.6) is 0 Å². The van der Waals surface area contributed by atoms with Gasteiger partial charge in [-0.15, -0.1) is 0 Å². The van der Waals surface area contributed by atoms with Gasteiger partial charge in [0.15, 0.2) is 0 Å². The van der Waals surface area contributed by atoms with Crippen molar-refractivity contribution in [3.05, 3.63) is 95.1 Å². The Morgan fingerprint density at radius 1 is 0.971 bits per heavy atom. The molecule has 0 spiro atoms. The average Bonchev–Trinajstić information content (AvgIpc) is 2.82. The van der Waals surface area contributed by atoms with Gasteiger partial charge in [-0.3, -0.25) is 4.79 Å². The van der Waals surface area contributed by atoms with Gasteiger partial charge in [-0.1, -0.05) is 60.7 Å². The normalized spacial score (nSPS) is 11.4. The van der Waals surface area contributed by atoms with Gasteiger partial charge in [0.05, 0.1) is 13.2 Å². The average molecular weight is 472 g/mol. The standard InChI is InChI=1S/C27H29NO4S.Li.H/c1-19-8-6-7-11-22(19)24-16-21(18-32-17-20-9-4-3-5-10-20)12-13-23(24)26(29)28-25(27(30)31)14-15-33-2;;/h3-13,16,25H,14-15,17-18H2,1-2H3,(H,28,29)(H,30,31);;/q;+1;-1. The molecule has 1 atom stereocenters. The number of carboxylic acid groups (broad SMARTS) is 1. The molecule has 0 fully saturated rings. The number of rotatable bonds is 11. The Labute approximate surface area is 219 Å². The first-order valence-electron chi connectivity index (χ1n) is 10.8. The summed E-state index contributed by atoms with van der Waals surface area (Å²) in [6, 6.07) is 22.5. The van der Waals surface area contributed by atoms with E-state index in [2.05, 4.69) is 5.32 Å². The predicted molar refractivity (Wildman–Crippen MR) is 135 cm³/mol. The number of amides is 1. The minimum absolute atomic E-state index is 0. The molecule has 0 saturated carbocycles. The number of thioether (sulfide) groups is 1. The van der Waals surface area contributed by atoms with E-state index in [1.165, 1.54) is 0 Å². The van der Waals surface area contributed by atoms with Crippen LogP contribution in [0.2, 0.25) is 0 Å². The molecule has 0 radical (unpaired) electrons. The first-order valence-corrected chi connectivity index (χ1v) is 12.2. The van der Waals surface area contributed by atoms with Crippen molar-refractivity contribution in [2.45, 2.75) is 32.6 Å². The van der Waals surface area contributed by atoms with E-state index in [4.69, 9.17) is 4.74 Å². The molecule has 1 unspecified atom stereocenters. The fraction of sp³-hybridized carbons (Fsp3) is 0.259. The Hall–Kier alpha value is -2.49. The topological polar surface area (TPSA) is 75.6 Å². The summed E-state index contributed by atoms with van der Waals surface area (Å²) in [6.07, 6.45) is 2.28. The van der Waals surface area contributed by atoms with Crippen molar-refractivity contribution in [3.8, 4) is 11.1 Å². The fourth-order valence-electron chi connectivity index (χ4n) is 3.57. The van der Waals surface area contributed by atoms with E-state index < -0.39 is 17.9 Å². The molecule has 0 heterocycles. The van der Waals surface area contributed by atoms with Gasteiger partial charge in [0, 0.05) is 5.56 Å². The SMILES string of the molecule is CSCCC(NC(=O)c1ccc(COCc2ccccc2)cc1-c1ccccc1C)C(=O)O.[H-].[Li+]. The number of nitrogens with one attached hydrogen (secondary N) is 1. The summed E-state index contributed by atoms with van der Waals surface area (Å²) in [5.41, 5.74) is 5.22. The number of hydrogen-bond acceptors (Lipinski definition) is 4. The molecule has 0 aromatic heterocycles. The summed E-state index contributed by atoms with van der Waals surface area (Å²) < 4.78 is 5.89. The summed E-state index contributed by atoms with van der Waals surface area (Å²) in [5, 5.41) is 12.2. The molecule has 3 aromatic carbocycles. The van der Waals surface area contributed by atoms with E-state index in [9.17, 15) is 14.7 Å². The maximum Gasteiger partial charge on any atom is 1.00 e. The number of ether oxygens (including phenoxy) is 1. The third kappa shape index (κ3) is 7.78. The van der Waals surface area contributed by atoms with Crippen molar-refractivity contribution < 1.29 is 39.7 Å². The van der Waals surface area contributed by atoms with Crippen LogP contribution in [0.25, 0.3) is 11.1 Å². The summed E-state index contributed by atoms with van der Waals surface area (Å²) >= 11 is 1.55. The van der Waals surface area contributed by atoms with Crippen LogP contribution in [0.15, 0.2) is 72.8 Å². The van der Waals surface area contributed by atoms with Crippen LogP contribution in [-0.4, -0.2) is 35.0 Å². The second-order valence-corrected chi connectivity index (χ2v) is 8.80. The zero-order chi connectivity index (χ0) is 23.6. The first-order chi connectivity index (χ1) is 16.0. The number of hydrogen-bond donors (Lipinski definition) is 2. The van der Waals surface area contributed by atoms with Crippen LogP contribution in [0.3, 0.4) is 0 Å². The number of carbonyl (C=O) groups excluding carboxylic acids is 1. The van der Waals surface area contributed by atoms with Gasteiger partial charge < -0.3 is 16.6 Å². The van der Waals surface area contributed by atoms with Gasteiger partial charge in [-0.05, 0) is 65.3 Å². The van der Waals surface area contributed by atoms with Gasteiger partial charge in [-0.25, -0.2) is 4.79 Å². The molecule has 34 heavy (non-hydrogen) atoms. The molecular weight excluding hydrogens is 441 g/mol. The monoisotopic (exact) mass is 471 g/mol. The number of aliphatic carboxylic acids is 1. The number of benzene rings is 3. The predicted octanol–water partition coefficient (Wildman–Crippen LogP) is 2.43. The Kier molecular flexibility index (Phi) is 11.5. The number of carbonyl (C=O) groups is 2. The van der Waals surface area contributed by atoms with Gasteiger partial charge in [0.2, 0.25) is 0 Å². The van der Waals surface area contributed by atoms with E-state index in [-0.39, 0.29) is 20.3 Å². The molecular formula is C27H30LiNO4S. The minimum atomic E-state index is -1.03. The van der Waals surface area contributed by atoms with Gasteiger partial charge in [-0.2, -0.15) is 11.8 Å². The zero-order valence-corrected chi connectivity index (χ0v) is 20.7. The number of carboxylic acids is 1. The fourth-order valence-corrected chi connectivity index (χ4v) is 4.04. The van der Waals surface area contributed by atoms with Crippen molar-refractivity contribution in [1.29, 1.82) is 0 Å². The third-order valence-electron chi connectivity index (χ3n) is 5.36. The summed E-state index contributed by atoms with van der Waals surface area (Å²) in [4.78, 5) is 24.8. The summed E-state index contributed by atoms with van der Waals surface area (Å²) in [5.74, 6) is -0.765. The van der Waals surface area contributed by atoms with E-state index in [1.54, 1.807) is 17.8 Å². The largest absolute Gasteiger partial charge is 1.00 e. The molecule has 3 aromatic rings. The van der Waals surface area contributed by atoms with Gasteiger partial charge >= 0.3 is 24.8 Å². The van der Waals surface area contributed by atoms with Gasteiger partial charge in [0.1, 0.15) is 6.04 Å². The van der Waals surface area contributed by atoms with Crippen molar-refractivity contribution in [1.82, 2.24) is 5.32 Å². The van der Waals surface area contributed by atoms with Crippen molar-refractivity contribution >= 4 is 23.6 Å². The Morgan fingerprint density at radius 2 is 1.65 bits per heavy atom. The minimum Gasteiger partial charge on any atom is -1.00 e. The van der Waals surface area contributed by atoms with Crippen LogP contribution >= 0.6 is 11.8 Å². The summed E-state index contributed by atoms with van der Waals surface area (Å²) in [7, 11) is 0. The van der Waals surface area contributed by atoms with Crippen molar-refractivity contribution in [3.63, 3.8) is 0 Å². The van der Waals surface area contributed by atoms with Crippen LogP contribution in [0.1, 0.15) is 34.9 Å². The van der Waals surface area contributed by atoms with Crippen molar-refractivity contribution in [2.24, 2.45) is 0 Å². The molecule has 0 aliphatic carbocycles. The molecule has 174 valence electrons. The maximum absolute atomic E-state index is 13.1. The van der Waals surface area contributed by atoms with E-state index in [1.807, 2.05) is 79.9 Å². The maximum atomic E-state index is 13.1. The van der Waals surface area contributed by atoms with Gasteiger partial charge in [0.25, 0.3) is 5.91 Å². The van der Waals surface area contributed by atoms with Crippen LogP contribution in [0, 0.1) is 6.92 Å². The third-order valence-corrected chi connectivity index (χ3v) is 6.00. The molecule has 3 rings (SSSR count). The molecule has 0 aliphatic heterocycles. The molecule has 0 aliphatic rings. The van der Waals surface area contributed by atoms with E-state index in [0.717, 1.165) is 27.8 Å². The Morgan fingerprint density at radius 3 is 2.32 bits per heavy atom. The number of aryl methyl sites for hydroxylation is 1. The second kappa shape index (κ2) is 14.0. The smallest absolute Gasteiger partial charge is 1.00 e. The van der Waals surface area contributed by atoms with Crippen LogP contribution in [0.4, 0.5) is 0 Å². The second-order valence-electron chi connectivity index (χ2n) is 7.82. The molecule has 0 saturated heterocycles. The van der Waals surface area contributed by atoms with E-state index in [0.29, 0.717) is 31.0 Å². The Balaban J connectivity index is 0.00000306. The Bertz CT molecular complexity index is 1100. The van der Waals surface area contributed by atoms with Crippen LogP contribution in [-0.2, 0) is 22.7 Å². The van der Waals surface area contributed by atoms with Crippen LogP contribution < -0.4 is 24.2 Å². The molecule has 7 heteroatoms. The summed E-state index contributed by atoms with van der Waals surface area (Å²) in [6.45, 7) is 2.90. The molecule has 1 amide bonds. The van der Waals surface area contributed by atoms with E-state index >= 15 is 0 Å². The molecule has 0 bridgehead atoms.